The number of nitrogens with zero attached hydrogens (tertiary/aromatic N) is 3. The van der Waals surface area contributed by atoms with Gasteiger partial charge in [-0.2, -0.15) is 0 Å². The van der Waals surface area contributed by atoms with Crippen LogP contribution in [0.1, 0.15) is 38.3 Å². The van der Waals surface area contributed by atoms with Crippen LogP contribution in [-0.4, -0.2) is 32.8 Å². The number of thiophene rings is 1. The number of fused-ring (bicyclic) bond motifs is 5. The van der Waals surface area contributed by atoms with Crippen molar-refractivity contribution in [3.8, 4) is 5.69 Å². The summed E-state index contributed by atoms with van der Waals surface area (Å²) in [6.07, 6.45) is 2.41. The average Bonchev–Trinajstić information content (AvgIpc) is 3.01. The number of hydrazine groups is 1. The molecule has 0 spiro atoms. The second-order valence-electron chi connectivity index (χ2n) is 4.76. The number of nitrogen functional groups attached to an aromatic ring is 1. The third-order valence-corrected chi connectivity index (χ3v) is 4.74. The SMILES string of the molecule is NNC(=O)c1ncn2c1[C@@H]1CCN1C(=O)c1sccc1-2. The molecule has 2 amide bonds. The van der Waals surface area contributed by atoms with E-state index in [1.165, 1.54) is 11.3 Å². The Morgan fingerprint density at radius 3 is 3.10 bits per heavy atom. The van der Waals surface area contributed by atoms with Crippen LogP contribution in [0.3, 0.4) is 0 Å². The van der Waals surface area contributed by atoms with Crippen LogP contribution in [0, 0.1) is 0 Å². The first-order chi connectivity index (χ1) is 9.72. The van der Waals surface area contributed by atoms with Crippen LogP contribution >= 0.6 is 11.3 Å². The Morgan fingerprint density at radius 2 is 2.40 bits per heavy atom. The summed E-state index contributed by atoms with van der Waals surface area (Å²) in [6, 6.07) is 1.77. The van der Waals surface area contributed by atoms with Crippen LogP contribution in [0.25, 0.3) is 5.69 Å². The first kappa shape index (κ1) is 11.6. The van der Waals surface area contributed by atoms with Gasteiger partial charge in [-0.15, -0.1) is 11.3 Å². The van der Waals surface area contributed by atoms with E-state index in [1.54, 1.807) is 11.2 Å². The third-order valence-electron chi connectivity index (χ3n) is 3.85. The van der Waals surface area contributed by atoms with Crippen molar-refractivity contribution in [1.82, 2.24) is 19.9 Å². The zero-order chi connectivity index (χ0) is 13.9. The first-order valence-electron chi connectivity index (χ1n) is 6.19. The normalized spacial score (nSPS) is 19.6. The van der Waals surface area contributed by atoms with Gasteiger partial charge in [0.05, 0.1) is 17.4 Å². The maximum Gasteiger partial charge on any atom is 0.285 e. The van der Waals surface area contributed by atoms with Crippen molar-refractivity contribution in [2.45, 2.75) is 12.5 Å². The van der Waals surface area contributed by atoms with Gasteiger partial charge in [-0.1, -0.05) is 0 Å². The highest BCUT2D eigenvalue weighted by Gasteiger charge is 2.42. The molecule has 0 aliphatic carbocycles. The number of carbonyl (C=O) groups is 2. The highest BCUT2D eigenvalue weighted by molar-refractivity contribution is 7.12. The number of hydrogen-bond acceptors (Lipinski definition) is 5. The Kier molecular flexibility index (Phi) is 2.27. The minimum Gasteiger partial charge on any atom is -0.329 e. The van der Waals surface area contributed by atoms with E-state index in [4.69, 9.17) is 5.84 Å². The van der Waals surface area contributed by atoms with Gasteiger partial charge in [-0.25, -0.2) is 10.8 Å². The Morgan fingerprint density at radius 1 is 1.55 bits per heavy atom. The van der Waals surface area contributed by atoms with Crippen LogP contribution in [0.4, 0.5) is 0 Å². The summed E-state index contributed by atoms with van der Waals surface area (Å²) in [5.41, 5.74) is 3.92. The fourth-order valence-corrected chi connectivity index (χ4v) is 3.65. The molecule has 4 rings (SSSR count). The van der Waals surface area contributed by atoms with E-state index in [9.17, 15) is 9.59 Å². The van der Waals surface area contributed by atoms with Gasteiger partial charge < -0.3 is 4.90 Å². The van der Waals surface area contributed by atoms with E-state index in [2.05, 4.69) is 10.4 Å². The van der Waals surface area contributed by atoms with Gasteiger partial charge in [0, 0.05) is 6.54 Å². The predicted octanol–water partition coefficient (Wildman–Crippen LogP) is 0.438. The van der Waals surface area contributed by atoms with E-state index in [0.29, 0.717) is 11.4 Å². The van der Waals surface area contributed by atoms with E-state index < -0.39 is 5.91 Å². The Balaban J connectivity index is 1.99. The van der Waals surface area contributed by atoms with Gasteiger partial charge in [0.2, 0.25) is 0 Å². The summed E-state index contributed by atoms with van der Waals surface area (Å²) in [4.78, 5) is 30.9. The quantitative estimate of drug-likeness (QED) is 0.452. The summed E-state index contributed by atoms with van der Waals surface area (Å²) < 4.78 is 1.83. The number of hydrogen-bond donors (Lipinski definition) is 2. The van der Waals surface area contributed by atoms with E-state index in [-0.39, 0.29) is 17.6 Å². The molecule has 0 aromatic carbocycles. The van der Waals surface area contributed by atoms with Gasteiger partial charge in [0.25, 0.3) is 11.8 Å². The average molecular weight is 289 g/mol. The smallest absolute Gasteiger partial charge is 0.285 e. The molecule has 2 aromatic heterocycles. The topological polar surface area (TPSA) is 93.2 Å². The van der Waals surface area contributed by atoms with E-state index in [1.807, 2.05) is 16.0 Å². The van der Waals surface area contributed by atoms with Gasteiger partial charge in [0.1, 0.15) is 11.2 Å². The second-order valence-corrected chi connectivity index (χ2v) is 5.68. The number of aromatic nitrogens is 2. The Labute approximate surface area is 118 Å². The zero-order valence-electron chi connectivity index (χ0n) is 10.4. The number of nitrogens with one attached hydrogen (secondary N) is 1. The van der Waals surface area contributed by atoms with Gasteiger partial charge in [0.15, 0.2) is 5.69 Å². The van der Waals surface area contributed by atoms with E-state index in [0.717, 1.165) is 17.8 Å². The van der Waals surface area contributed by atoms with Crippen LogP contribution in [-0.2, 0) is 0 Å². The lowest BCUT2D eigenvalue weighted by Gasteiger charge is -2.39. The summed E-state index contributed by atoms with van der Waals surface area (Å²) in [7, 11) is 0. The highest BCUT2D eigenvalue weighted by Crippen LogP contribution is 2.42. The molecule has 0 radical (unpaired) electrons. The Bertz CT molecular complexity index is 734. The van der Waals surface area contributed by atoms with Crippen molar-refractivity contribution in [2.75, 3.05) is 6.54 Å². The molecule has 2 aliphatic rings. The monoisotopic (exact) mass is 289 g/mol. The van der Waals surface area contributed by atoms with Crippen molar-refractivity contribution in [3.63, 3.8) is 0 Å². The maximum atomic E-state index is 12.5. The lowest BCUT2D eigenvalue weighted by Crippen LogP contribution is -2.45. The number of carbonyl (C=O) groups excluding carboxylic acids is 2. The highest BCUT2D eigenvalue weighted by atomic mass is 32.1. The first-order valence-corrected chi connectivity index (χ1v) is 7.07. The van der Waals surface area contributed by atoms with Crippen molar-refractivity contribution in [2.24, 2.45) is 5.84 Å². The minimum atomic E-state index is -0.434. The molecule has 8 heteroatoms. The third kappa shape index (κ3) is 1.29. The van der Waals surface area contributed by atoms with Crippen LogP contribution in [0.2, 0.25) is 0 Å². The fraction of sp³-hybridized carbons (Fsp3) is 0.250. The minimum absolute atomic E-state index is 0.0223. The molecular formula is C12H11N5O2S. The molecule has 0 saturated carbocycles. The molecule has 0 bridgehead atoms. The van der Waals surface area contributed by atoms with Gasteiger partial charge in [-0.3, -0.25) is 19.6 Å². The lowest BCUT2D eigenvalue weighted by atomic mass is 9.98. The molecule has 3 N–H and O–H groups in total. The van der Waals surface area contributed by atoms with Gasteiger partial charge in [-0.05, 0) is 17.9 Å². The number of nitrogens with two attached hydrogens (primary N) is 1. The second kappa shape index (κ2) is 3.90. The van der Waals surface area contributed by atoms with Crippen molar-refractivity contribution in [1.29, 1.82) is 0 Å². The molecule has 0 unspecified atom stereocenters. The molecule has 4 heterocycles. The van der Waals surface area contributed by atoms with Crippen molar-refractivity contribution in [3.05, 3.63) is 34.0 Å². The molecular weight excluding hydrogens is 278 g/mol. The summed E-state index contributed by atoms with van der Waals surface area (Å²) in [5.74, 6) is 4.80. The molecule has 1 atom stereocenters. The summed E-state index contributed by atoms with van der Waals surface area (Å²) in [5, 5.41) is 1.87. The van der Waals surface area contributed by atoms with E-state index >= 15 is 0 Å². The molecule has 1 saturated heterocycles. The van der Waals surface area contributed by atoms with Crippen molar-refractivity contribution >= 4 is 23.2 Å². The fourth-order valence-electron chi connectivity index (χ4n) is 2.81. The molecule has 2 aromatic rings. The molecule has 20 heavy (non-hydrogen) atoms. The van der Waals surface area contributed by atoms with Gasteiger partial charge >= 0.3 is 0 Å². The van der Waals surface area contributed by atoms with Crippen LogP contribution < -0.4 is 11.3 Å². The van der Waals surface area contributed by atoms with Crippen LogP contribution in [0.5, 0.6) is 0 Å². The standard InChI is InChI=1S/C12H11N5O2S/c13-15-11(18)8-9-6-1-3-16(6)12(19)10-7(2-4-20-10)17(9)5-14-8/h2,4-6H,1,3,13H2,(H,15,18)/t6-/m0/s1. The molecule has 2 aliphatic heterocycles. The molecule has 7 nitrogen and oxygen atoms in total. The maximum absolute atomic E-state index is 12.5. The summed E-state index contributed by atoms with van der Waals surface area (Å²) >= 11 is 1.41. The molecule has 1 fully saturated rings. The lowest BCUT2D eigenvalue weighted by molar-refractivity contribution is 0.0460. The Hall–Kier alpha value is -2.19. The predicted molar refractivity (Wildman–Crippen MR) is 71.5 cm³/mol. The summed E-state index contributed by atoms with van der Waals surface area (Å²) in [6.45, 7) is 0.704. The number of amides is 2. The largest absolute Gasteiger partial charge is 0.329 e. The molecule has 102 valence electrons. The number of rotatable bonds is 1. The zero-order valence-corrected chi connectivity index (χ0v) is 11.2. The van der Waals surface area contributed by atoms with Crippen LogP contribution in [0.15, 0.2) is 17.8 Å². The van der Waals surface area contributed by atoms with Crippen molar-refractivity contribution < 1.29 is 9.59 Å². The number of imidazole rings is 1.